The molecule has 0 radical (unpaired) electrons. The Bertz CT molecular complexity index is 531. The van der Waals surface area contributed by atoms with Gasteiger partial charge in [0.05, 0.1) is 12.6 Å². The molecular formula is C16H22Cl2N2O2. The van der Waals surface area contributed by atoms with E-state index in [2.05, 4.69) is 0 Å². The van der Waals surface area contributed by atoms with Gasteiger partial charge < -0.3 is 10.0 Å². The summed E-state index contributed by atoms with van der Waals surface area (Å²) in [5.74, 6) is 0.0892. The molecule has 1 amide bonds. The van der Waals surface area contributed by atoms with Crippen molar-refractivity contribution >= 4 is 29.1 Å². The first-order chi connectivity index (χ1) is 10.4. The highest BCUT2D eigenvalue weighted by atomic mass is 35.5. The summed E-state index contributed by atoms with van der Waals surface area (Å²) >= 11 is 12.2. The Labute approximate surface area is 141 Å². The van der Waals surface area contributed by atoms with Crippen LogP contribution in [0.2, 0.25) is 10.0 Å². The SMILES string of the molecule is CC(c1ccc(Cl)cc1Cl)N(C)CC(=O)N1CCC(O)CC1. The lowest BCUT2D eigenvalue weighted by Gasteiger charge is -2.32. The fraction of sp³-hybridized carbons (Fsp3) is 0.562. The van der Waals surface area contributed by atoms with E-state index in [9.17, 15) is 9.90 Å². The molecule has 22 heavy (non-hydrogen) atoms. The summed E-state index contributed by atoms with van der Waals surface area (Å²) in [6.45, 7) is 3.60. The van der Waals surface area contributed by atoms with Crippen molar-refractivity contribution in [2.24, 2.45) is 0 Å². The van der Waals surface area contributed by atoms with Crippen LogP contribution in [0, 0.1) is 0 Å². The average Bonchev–Trinajstić information content (AvgIpc) is 2.47. The molecule has 1 aliphatic heterocycles. The molecule has 6 heteroatoms. The molecule has 0 aliphatic carbocycles. The zero-order valence-corrected chi connectivity index (χ0v) is 14.4. The maximum absolute atomic E-state index is 12.3. The number of amides is 1. The van der Waals surface area contributed by atoms with Crippen LogP contribution in [0.5, 0.6) is 0 Å². The molecule has 1 fully saturated rings. The van der Waals surface area contributed by atoms with Gasteiger partial charge in [-0.1, -0.05) is 29.3 Å². The number of carbonyl (C=O) groups excluding carboxylic acids is 1. The third-order valence-electron chi connectivity index (χ3n) is 4.28. The molecule has 1 heterocycles. The maximum Gasteiger partial charge on any atom is 0.236 e. The molecule has 4 nitrogen and oxygen atoms in total. The number of likely N-dealkylation sites (N-methyl/N-ethyl adjacent to an activating group) is 1. The fourth-order valence-electron chi connectivity index (χ4n) is 2.64. The molecule has 0 spiro atoms. The minimum atomic E-state index is -0.270. The number of hydrogen-bond acceptors (Lipinski definition) is 3. The highest BCUT2D eigenvalue weighted by molar-refractivity contribution is 6.35. The van der Waals surface area contributed by atoms with Gasteiger partial charge in [-0.15, -0.1) is 0 Å². The van der Waals surface area contributed by atoms with Gasteiger partial charge in [-0.3, -0.25) is 9.69 Å². The number of aliphatic hydroxyl groups excluding tert-OH is 1. The zero-order chi connectivity index (χ0) is 16.3. The van der Waals surface area contributed by atoms with E-state index in [1.165, 1.54) is 0 Å². The van der Waals surface area contributed by atoms with Crippen molar-refractivity contribution in [3.8, 4) is 0 Å². The third kappa shape index (κ3) is 4.35. The van der Waals surface area contributed by atoms with Gasteiger partial charge in [0, 0.05) is 29.2 Å². The maximum atomic E-state index is 12.3. The molecule has 1 aliphatic rings. The van der Waals surface area contributed by atoms with Crippen LogP contribution in [0.3, 0.4) is 0 Å². The Morgan fingerprint density at radius 2 is 2.05 bits per heavy atom. The Hall–Kier alpha value is -0.810. The van der Waals surface area contributed by atoms with Gasteiger partial charge in [-0.25, -0.2) is 0 Å². The van der Waals surface area contributed by atoms with E-state index < -0.39 is 0 Å². The van der Waals surface area contributed by atoms with Gasteiger partial charge in [-0.05, 0) is 44.5 Å². The first-order valence-electron chi connectivity index (χ1n) is 7.49. The monoisotopic (exact) mass is 344 g/mol. The van der Waals surface area contributed by atoms with E-state index in [-0.39, 0.29) is 18.1 Å². The molecule has 1 N–H and O–H groups in total. The second-order valence-electron chi connectivity index (χ2n) is 5.87. The van der Waals surface area contributed by atoms with E-state index in [1.807, 2.05) is 29.8 Å². The van der Waals surface area contributed by atoms with Gasteiger partial charge in [0.2, 0.25) is 5.91 Å². The topological polar surface area (TPSA) is 43.8 Å². The molecule has 1 aromatic carbocycles. The molecule has 0 saturated carbocycles. The number of nitrogens with zero attached hydrogens (tertiary/aromatic N) is 2. The number of halogens is 2. The molecule has 0 aromatic heterocycles. The predicted molar refractivity (Wildman–Crippen MR) is 89.3 cm³/mol. The molecule has 1 unspecified atom stereocenters. The molecule has 0 bridgehead atoms. The molecule has 1 atom stereocenters. The van der Waals surface area contributed by atoms with Crippen molar-refractivity contribution in [1.29, 1.82) is 0 Å². The van der Waals surface area contributed by atoms with Gasteiger partial charge in [0.1, 0.15) is 0 Å². The fourth-order valence-corrected chi connectivity index (χ4v) is 3.21. The van der Waals surface area contributed by atoms with Crippen molar-refractivity contribution < 1.29 is 9.90 Å². The minimum Gasteiger partial charge on any atom is -0.393 e. The third-order valence-corrected chi connectivity index (χ3v) is 4.84. The number of rotatable bonds is 4. The normalized spacial score (nSPS) is 17.8. The molecule has 2 rings (SSSR count). The smallest absolute Gasteiger partial charge is 0.236 e. The lowest BCUT2D eigenvalue weighted by Crippen LogP contribution is -2.44. The number of likely N-dealkylation sites (tertiary alicyclic amines) is 1. The van der Waals surface area contributed by atoms with Gasteiger partial charge in [-0.2, -0.15) is 0 Å². The number of hydrogen-bond donors (Lipinski definition) is 1. The summed E-state index contributed by atoms with van der Waals surface area (Å²) < 4.78 is 0. The van der Waals surface area contributed by atoms with Crippen molar-refractivity contribution in [2.45, 2.75) is 31.9 Å². The van der Waals surface area contributed by atoms with Gasteiger partial charge in [0.25, 0.3) is 0 Å². The Morgan fingerprint density at radius 1 is 1.41 bits per heavy atom. The largest absolute Gasteiger partial charge is 0.393 e. The van der Waals surface area contributed by atoms with Crippen molar-refractivity contribution in [3.05, 3.63) is 33.8 Å². The van der Waals surface area contributed by atoms with Crippen molar-refractivity contribution in [2.75, 3.05) is 26.7 Å². The first-order valence-corrected chi connectivity index (χ1v) is 8.25. The number of piperidine rings is 1. The summed E-state index contributed by atoms with van der Waals surface area (Å²) in [5.41, 5.74) is 0.954. The molecular weight excluding hydrogens is 323 g/mol. The lowest BCUT2D eigenvalue weighted by molar-refractivity contribution is -0.134. The Morgan fingerprint density at radius 3 is 2.64 bits per heavy atom. The van der Waals surface area contributed by atoms with Crippen LogP contribution < -0.4 is 0 Å². The van der Waals surface area contributed by atoms with E-state index in [4.69, 9.17) is 23.2 Å². The highest BCUT2D eigenvalue weighted by Crippen LogP contribution is 2.29. The standard InChI is InChI=1S/C16H22Cl2N2O2/c1-11(14-4-3-12(17)9-15(14)18)19(2)10-16(22)20-7-5-13(21)6-8-20/h3-4,9,11,13,21H,5-8,10H2,1-2H3. The van der Waals surface area contributed by atoms with E-state index in [0.717, 1.165) is 5.56 Å². The van der Waals surface area contributed by atoms with Gasteiger partial charge in [0.15, 0.2) is 0 Å². The molecule has 122 valence electrons. The minimum absolute atomic E-state index is 0.0177. The van der Waals surface area contributed by atoms with Crippen LogP contribution in [0.4, 0.5) is 0 Å². The molecule has 1 saturated heterocycles. The average molecular weight is 345 g/mol. The second kappa shape index (κ2) is 7.64. The number of aliphatic hydroxyl groups is 1. The van der Waals surface area contributed by atoms with Crippen LogP contribution in [0.15, 0.2) is 18.2 Å². The van der Waals surface area contributed by atoms with Crippen LogP contribution in [0.25, 0.3) is 0 Å². The van der Waals surface area contributed by atoms with Crippen LogP contribution in [-0.2, 0) is 4.79 Å². The number of carbonyl (C=O) groups is 1. The Kier molecular flexibility index (Phi) is 6.09. The Balaban J connectivity index is 1.96. The number of benzene rings is 1. The van der Waals surface area contributed by atoms with E-state index in [1.54, 1.807) is 12.1 Å². The van der Waals surface area contributed by atoms with E-state index >= 15 is 0 Å². The zero-order valence-electron chi connectivity index (χ0n) is 12.9. The summed E-state index contributed by atoms with van der Waals surface area (Å²) in [6, 6.07) is 5.44. The quantitative estimate of drug-likeness (QED) is 0.913. The van der Waals surface area contributed by atoms with Gasteiger partial charge >= 0.3 is 0 Å². The predicted octanol–water partition coefficient (Wildman–Crippen LogP) is 2.97. The van der Waals surface area contributed by atoms with Crippen LogP contribution in [-0.4, -0.2) is 53.6 Å². The molecule has 1 aromatic rings. The van der Waals surface area contributed by atoms with Crippen LogP contribution >= 0.6 is 23.2 Å². The van der Waals surface area contributed by atoms with Crippen molar-refractivity contribution in [3.63, 3.8) is 0 Å². The van der Waals surface area contributed by atoms with Crippen LogP contribution in [0.1, 0.15) is 31.4 Å². The second-order valence-corrected chi connectivity index (χ2v) is 6.71. The summed E-state index contributed by atoms with van der Waals surface area (Å²) in [6.07, 6.45) is 1.05. The highest BCUT2D eigenvalue weighted by Gasteiger charge is 2.24. The summed E-state index contributed by atoms with van der Waals surface area (Å²) in [5, 5.41) is 10.7. The van der Waals surface area contributed by atoms with Crippen molar-refractivity contribution in [1.82, 2.24) is 9.80 Å². The summed E-state index contributed by atoms with van der Waals surface area (Å²) in [4.78, 5) is 16.1. The lowest BCUT2D eigenvalue weighted by atomic mass is 10.1. The summed E-state index contributed by atoms with van der Waals surface area (Å²) in [7, 11) is 1.91. The van der Waals surface area contributed by atoms with E-state index in [0.29, 0.717) is 42.5 Å². The first kappa shape index (κ1) is 17.5.